The summed E-state index contributed by atoms with van der Waals surface area (Å²) in [5, 5.41) is 14.6. The molecule has 1 radical (unpaired) electrons. The van der Waals surface area contributed by atoms with Crippen LogP contribution in [-0.2, 0) is 11.3 Å². The number of nitrogens with zero attached hydrogens (tertiary/aromatic N) is 1. The van der Waals surface area contributed by atoms with Crippen LogP contribution in [0.15, 0.2) is 48.5 Å². The highest BCUT2D eigenvalue weighted by Crippen LogP contribution is 2.57. The Morgan fingerprint density at radius 3 is 2.33 bits per heavy atom. The van der Waals surface area contributed by atoms with Crippen LogP contribution in [0.5, 0.6) is 0 Å². The topological polar surface area (TPSA) is 98.7 Å². The first-order valence-electron chi connectivity index (χ1n) is 14.1. The summed E-state index contributed by atoms with van der Waals surface area (Å²) in [5.41, 5.74) is 3.65. The van der Waals surface area contributed by atoms with Gasteiger partial charge in [0.25, 0.3) is 5.91 Å². The van der Waals surface area contributed by atoms with Gasteiger partial charge in [0.05, 0.1) is 6.42 Å². The molecule has 3 N–H and O–H groups in total. The number of aliphatic carboxylic acids is 1. The number of benzene rings is 2. The lowest BCUT2D eigenvalue weighted by Gasteiger charge is -2.49. The summed E-state index contributed by atoms with van der Waals surface area (Å²) in [6.07, 6.45) is 4.37. The lowest BCUT2D eigenvalue weighted by atomic mass is 9.61. The third-order valence-electron chi connectivity index (χ3n) is 9.01. The number of urea groups is 1. The molecule has 0 aromatic heterocycles. The fourth-order valence-corrected chi connectivity index (χ4v) is 6.47. The van der Waals surface area contributed by atoms with Crippen LogP contribution in [0.4, 0.5) is 10.5 Å². The number of hydrogen-bond donors (Lipinski definition) is 3. The highest BCUT2D eigenvalue weighted by atomic mass is 16.4. The van der Waals surface area contributed by atoms with Crippen molar-refractivity contribution in [3.63, 3.8) is 0 Å². The van der Waals surface area contributed by atoms with Gasteiger partial charge in [-0.2, -0.15) is 0 Å². The molecule has 2 fully saturated rings. The van der Waals surface area contributed by atoms with Crippen molar-refractivity contribution in [3.05, 3.63) is 71.6 Å². The minimum Gasteiger partial charge on any atom is -0.481 e. The molecule has 4 unspecified atom stereocenters. The van der Waals surface area contributed by atoms with Crippen LogP contribution >= 0.6 is 0 Å². The zero-order chi connectivity index (χ0) is 28.3. The number of carbonyl (C=O) groups is 3. The van der Waals surface area contributed by atoms with Gasteiger partial charge in [-0.05, 0) is 83.7 Å². The molecule has 39 heavy (non-hydrogen) atoms. The van der Waals surface area contributed by atoms with Crippen LogP contribution in [0, 0.1) is 29.6 Å². The molecule has 2 aliphatic rings. The van der Waals surface area contributed by atoms with E-state index in [1.165, 1.54) is 5.56 Å². The average Bonchev–Trinajstić information content (AvgIpc) is 3.06. The second kappa shape index (κ2) is 11.8. The molecule has 0 saturated heterocycles. The number of carboxylic acid groups (broad SMARTS) is 1. The lowest BCUT2D eigenvalue weighted by Crippen LogP contribution is -2.53. The number of anilines is 1. The maximum atomic E-state index is 13.8. The smallest absolute Gasteiger partial charge is 0.322 e. The zero-order valence-corrected chi connectivity index (χ0v) is 23.7. The van der Waals surface area contributed by atoms with E-state index in [0.29, 0.717) is 35.8 Å². The second-order valence-electron chi connectivity index (χ2n) is 12.1. The molecule has 4 rings (SSSR count). The fourth-order valence-electron chi connectivity index (χ4n) is 6.47. The SMILES string of the molecule is CC(C)c1ccc(NC(=O)N(Cc2ccc(C(=O)NCCC(=O)O)cc2)C2CC3[CH]CC(C2C)C3(C)C)cc1. The summed E-state index contributed by atoms with van der Waals surface area (Å²) in [4.78, 5) is 38.9. The van der Waals surface area contributed by atoms with Gasteiger partial charge in [0.2, 0.25) is 0 Å². The highest BCUT2D eigenvalue weighted by molar-refractivity contribution is 5.94. The van der Waals surface area contributed by atoms with Gasteiger partial charge in [-0.3, -0.25) is 9.59 Å². The van der Waals surface area contributed by atoms with Gasteiger partial charge < -0.3 is 20.6 Å². The molecule has 0 spiro atoms. The number of nitrogens with one attached hydrogen (secondary N) is 2. The van der Waals surface area contributed by atoms with Gasteiger partial charge >= 0.3 is 12.0 Å². The maximum Gasteiger partial charge on any atom is 0.322 e. The summed E-state index contributed by atoms with van der Waals surface area (Å²) in [6.45, 7) is 11.8. The van der Waals surface area contributed by atoms with Crippen molar-refractivity contribution in [1.82, 2.24) is 10.2 Å². The van der Waals surface area contributed by atoms with Crippen molar-refractivity contribution in [3.8, 4) is 0 Å². The van der Waals surface area contributed by atoms with Crippen molar-refractivity contribution < 1.29 is 19.5 Å². The van der Waals surface area contributed by atoms with Crippen molar-refractivity contribution in [2.75, 3.05) is 11.9 Å². The Morgan fingerprint density at radius 2 is 1.72 bits per heavy atom. The van der Waals surface area contributed by atoms with E-state index in [4.69, 9.17) is 5.11 Å². The van der Waals surface area contributed by atoms with Gasteiger partial charge in [-0.1, -0.05) is 58.9 Å². The van der Waals surface area contributed by atoms with E-state index in [2.05, 4.69) is 63.8 Å². The Balaban J connectivity index is 1.53. The number of hydrogen-bond acceptors (Lipinski definition) is 3. The van der Waals surface area contributed by atoms with Crippen molar-refractivity contribution in [1.29, 1.82) is 0 Å². The minimum atomic E-state index is -0.953. The molecule has 7 nitrogen and oxygen atoms in total. The Kier molecular flexibility index (Phi) is 8.67. The van der Waals surface area contributed by atoms with E-state index in [-0.39, 0.29) is 36.4 Å². The fraction of sp³-hybridized carbons (Fsp3) is 0.500. The average molecular weight is 533 g/mol. The van der Waals surface area contributed by atoms with Crippen molar-refractivity contribution in [2.45, 2.75) is 72.4 Å². The molecule has 4 atom stereocenters. The third-order valence-corrected chi connectivity index (χ3v) is 9.01. The Hall–Kier alpha value is -3.35. The van der Waals surface area contributed by atoms with Crippen LogP contribution in [0.2, 0.25) is 0 Å². The molecular weight excluding hydrogens is 490 g/mol. The maximum absolute atomic E-state index is 13.8. The summed E-state index contributed by atoms with van der Waals surface area (Å²) in [5.74, 6) is 0.513. The van der Waals surface area contributed by atoms with Crippen molar-refractivity contribution in [2.24, 2.45) is 23.2 Å². The number of fused-ring (bicyclic) bond motifs is 2. The Morgan fingerprint density at radius 1 is 1.05 bits per heavy atom. The van der Waals surface area contributed by atoms with Gasteiger partial charge in [-0.15, -0.1) is 0 Å². The highest BCUT2D eigenvalue weighted by Gasteiger charge is 2.53. The first-order chi connectivity index (χ1) is 18.5. The summed E-state index contributed by atoms with van der Waals surface area (Å²) >= 11 is 0. The molecule has 0 heterocycles. The second-order valence-corrected chi connectivity index (χ2v) is 12.1. The molecular formula is C32H42N3O4. The molecule has 0 aliphatic heterocycles. The van der Waals surface area contributed by atoms with Gasteiger partial charge in [0, 0.05) is 30.4 Å². The molecule has 3 amide bonds. The summed E-state index contributed by atoms with van der Waals surface area (Å²) in [6, 6.07) is 15.3. The molecule has 2 bridgehead atoms. The Labute approximate surface area is 232 Å². The number of amides is 3. The number of carbonyl (C=O) groups excluding carboxylic acids is 2. The normalized spacial score (nSPS) is 23.3. The lowest BCUT2D eigenvalue weighted by molar-refractivity contribution is -0.136. The van der Waals surface area contributed by atoms with E-state index in [1.807, 2.05) is 29.2 Å². The molecule has 2 aromatic rings. The van der Waals surface area contributed by atoms with Crippen LogP contribution in [-0.4, -0.2) is 40.5 Å². The molecule has 2 saturated carbocycles. The third kappa shape index (κ3) is 6.45. The first-order valence-corrected chi connectivity index (χ1v) is 14.1. The summed E-state index contributed by atoms with van der Waals surface area (Å²) in [7, 11) is 0. The monoisotopic (exact) mass is 532 g/mol. The van der Waals surface area contributed by atoms with Crippen LogP contribution < -0.4 is 10.6 Å². The van der Waals surface area contributed by atoms with Crippen LogP contribution in [0.1, 0.15) is 81.3 Å². The molecule has 2 aliphatic carbocycles. The quantitative estimate of drug-likeness (QED) is 0.352. The Bertz CT molecular complexity index is 1170. The molecule has 2 aromatic carbocycles. The predicted octanol–water partition coefficient (Wildman–Crippen LogP) is 6.32. The van der Waals surface area contributed by atoms with E-state index >= 15 is 0 Å². The van der Waals surface area contributed by atoms with E-state index < -0.39 is 5.97 Å². The zero-order valence-electron chi connectivity index (χ0n) is 23.7. The van der Waals surface area contributed by atoms with E-state index in [1.54, 1.807) is 12.1 Å². The minimum absolute atomic E-state index is 0.0806. The molecule has 209 valence electrons. The largest absolute Gasteiger partial charge is 0.481 e. The van der Waals surface area contributed by atoms with Crippen LogP contribution in [0.3, 0.4) is 0 Å². The number of rotatable bonds is 9. The van der Waals surface area contributed by atoms with E-state index in [9.17, 15) is 14.4 Å². The summed E-state index contributed by atoms with van der Waals surface area (Å²) < 4.78 is 0. The number of carboxylic acids is 1. The first kappa shape index (κ1) is 28.7. The van der Waals surface area contributed by atoms with Gasteiger partial charge in [0.1, 0.15) is 0 Å². The van der Waals surface area contributed by atoms with Crippen LogP contribution in [0.25, 0.3) is 0 Å². The standard InChI is InChI=1S/C32H42N3O4/c1-20(2)23-10-13-26(14-11-23)34-31(39)35(28-18-25-12-15-27(21(28)3)32(25,4)5)19-22-6-8-24(9-7-22)30(38)33-17-16-29(36)37/h6-14,20-21,25,27-28H,15-19H2,1-5H3,(H,33,38)(H,34,39)(H,36,37). The van der Waals surface area contributed by atoms with E-state index in [0.717, 1.165) is 24.1 Å². The predicted molar refractivity (Wildman–Crippen MR) is 153 cm³/mol. The van der Waals surface area contributed by atoms with Gasteiger partial charge in [0.15, 0.2) is 0 Å². The molecule has 7 heteroatoms. The van der Waals surface area contributed by atoms with Gasteiger partial charge in [-0.25, -0.2) is 4.79 Å². The van der Waals surface area contributed by atoms with Crippen molar-refractivity contribution >= 4 is 23.6 Å².